The van der Waals surface area contributed by atoms with Gasteiger partial charge >= 0.3 is 15.2 Å². The molecule has 1 rings (SSSR count). The standard InChI is InChI=1S/C6H9NO6P2/c8-14(9,10)5-15(11,12)13-6-3-1-2-4-7-6/h1-4H,5H2,(H,11,12)(H2,8,9,10). The van der Waals surface area contributed by atoms with Crippen molar-refractivity contribution in [3.05, 3.63) is 24.4 Å². The SMILES string of the molecule is O=P(O)(O)CP(=O)(O)Oc1ccccn1. The van der Waals surface area contributed by atoms with Crippen LogP contribution in [0.3, 0.4) is 0 Å². The largest absolute Gasteiger partial charge is 0.406 e. The second kappa shape index (κ2) is 4.43. The third-order valence-electron chi connectivity index (χ3n) is 1.24. The molecular weight excluding hydrogens is 244 g/mol. The summed E-state index contributed by atoms with van der Waals surface area (Å²) in [5.41, 5.74) is 0. The molecular formula is C6H9NO6P2. The Morgan fingerprint density at radius 2 is 1.93 bits per heavy atom. The average Bonchev–Trinajstić information content (AvgIpc) is 1.99. The number of pyridine rings is 1. The predicted molar refractivity (Wildman–Crippen MR) is 51.6 cm³/mol. The van der Waals surface area contributed by atoms with Crippen LogP contribution in [-0.2, 0) is 9.13 Å². The first-order chi connectivity index (χ1) is 6.79. The predicted octanol–water partition coefficient (Wildman–Crippen LogP) is 0.781. The van der Waals surface area contributed by atoms with Crippen molar-refractivity contribution in [1.29, 1.82) is 0 Å². The molecule has 0 spiro atoms. The van der Waals surface area contributed by atoms with E-state index < -0.39 is 21.1 Å². The number of rotatable bonds is 4. The molecule has 1 heterocycles. The van der Waals surface area contributed by atoms with Gasteiger partial charge in [0.2, 0.25) is 5.88 Å². The summed E-state index contributed by atoms with van der Waals surface area (Å²) in [6, 6.07) is 4.39. The first-order valence-corrected chi connectivity index (χ1v) is 7.32. The van der Waals surface area contributed by atoms with Crippen LogP contribution in [0.25, 0.3) is 0 Å². The maximum atomic E-state index is 11.2. The van der Waals surface area contributed by atoms with Gasteiger partial charge in [-0.05, 0) is 6.07 Å². The highest BCUT2D eigenvalue weighted by Crippen LogP contribution is 2.54. The van der Waals surface area contributed by atoms with E-state index in [0.717, 1.165) is 0 Å². The minimum absolute atomic E-state index is 0.156. The summed E-state index contributed by atoms with van der Waals surface area (Å²) in [6.45, 7) is 0. The van der Waals surface area contributed by atoms with Gasteiger partial charge in [0.15, 0.2) is 5.90 Å². The normalized spacial score (nSPS) is 15.7. The number of nitrogens with zero attached hydrogens (tertiary/aromatic N) is 1. The fraction of sp³-hybridized carbons (Fsp3) is 0.167. The third kappa shape index (κ3) is 5.06. The van der Waals surface area contributed by atoms with Crippen LogP contribution in [0, 0.1) is 0 Å². The van der Waals surface area contributed by atoms with Gasteiger partial charge in [0.1, 0.15) is 0 Å². The van der Waals surface area contributed by atoms with Gasteiger partial charge in [0, 0.05) is 12.3 Å². The molecule has 0 radical (unpaired) electrons. The summed E-state index contributed by atoms with van der Waals surface area (Å²) in [5, 5.41) is 0. The van der Waals surface area contributed by atoms with Gasteiger partial charge in [-0.3, -0.25) is 4.57 Å². The van der Waals surface area contributed by atoms with Gasteiger partial charge in [0.25, 0.3) is 0 Å². The fourth-order valence-corrected chi connectivity index (χ4v) is 3.30. The summed E-state index contributed by atoms with van der Waals surface area (Å²) < 4.78 is 26.2. The van der Waals surface area contributed by atoms with Crippen LogP contribution in [-0.4, -0.2) is 25.6 Å². The molecule has 3 N–H and O–H groups in total. The highest BCUT2D eigenvalue weighted by Gasteiger charge is 2.32. The lowest BCUT2D eigenvalue weighted by Gasteiger charge is -2.12. The molecule has 0 fully saturated rings. The smallest absolute Gasteiger partial charge is 0.389 e. The monoisotopic (exact) mass is 253 g/mol. The summed E-state index contributed by atoms with van der Waals surface area (Å²) in [4.78, 5) is 29.7. The molecule has 0 bridgehead atoms. The van der Waals surface area contributed by atoms with Crippen molar-refractivity contribution in [3.63, 3.8) is 0 Å². The van der Waals surface area contributed by atoms with Gasteiger partial charge in [-0.25, -0.2) is 9.55 Å². The minimum atomic E-state index is -4.59. The molecule has 0 aliphatic carbocycles. The van der Waals surface area contributed by atoms with Crippen LogP contribution >= 0.6 is 15.2 Å². The molecule has 7 nitrogen and oxygen atoms in total. The maximum Gasteiger partial charge on any atom is 0.389 e. The Bertz CT molecular complexity index is 415. The second-order valence-electron chi connectivity index (χ2n) is 2.70. The van der Waals surface area contributed by atoms with Crippen molar-refractivity contribution in [1.82, 2.24) is 4.98 Å². The topological polar surface area (TPSA) is 117 Å². The number of hydrogen-bond donors (Lipinski definition) is 3. The Labute approximate surface area is 85.4 Å². The fourth-order valence-electron chi connectivity index (χ4n) is 0.809. The molecule has 1 unspecified atom stereocenters. The van der Waals surface area contributed by atoms with E-state index in [4.69, 9.17) is 14.7 Å². The van der Waals surface area contributed by atoms with Crippen LogP contribution < -0.4 is 4.52 Å². The van der Waals surface area contributed by atoms with Crippen LogP contribution in [0.1, 0.15) is 0 Å². The summed E-state index contributed by atoms with van der Waals surface area (Å²) in [6.07, 6.45) is 1.33. The molecule has 0 aliphatic rings. The average molecular weight is 253 g/mol. The first kappa shape index (κ1) is 12.4. The Kier molecular flexibility index (Phi) is 3.65. The Balaban J connectivity index is 2.74. The third-order valence-corrected chi connectivity index (χ3v) is 4.61. The molecule has 1 aromatic rings. The van der Waals surface area contributed by atoms with E-state index >= 15 is 0 Å². The van der Waals surface area contributed by atoms with E-state index in [0.29, 0.717) is 0 Å². The van der Waals surface area contributed by atoms with E-state index in [9.17, 15) is 9.13 Å². The Hall–Kier alpha value is -0.710. The van der Waals surface area contributed by atoms with Crippen LogP contribution in [0.15, 0.2) is 24.4 Å². The molecule has 0 saturated heterocycles. The zero-order valence-corrected chi connectivity index (χ0v) is 9.21. The molecule has 1 aromatic heterocycles. The van der Waals surface area contributed by atoms with Crippen molar-refractivity contribution in [2.75, 3.05) is 5.90 Å². The van der Waals surface area contributed by atoms with Gasteiger partial charge in [-0.1, -0.05) is 6.07 Å². The van der Waals surface area contributed by atoms with Crippen LogP contribution in [0.4, 0.5) is 0 Å². The maximum absolute atomic E-state index is 11.2. The van der Waals surface area contributed by atoms with Crippen molar-refractivity contribution >= 4 is 15.2 Å². The number of aromatic nitrogens is 1. The summed E-state index contributed by atoms with van der Waals surface area (Å²) >= 11 is 0. The zero-order chi connectivity index (χ0) is 11.5. The summed E-state index contributed by atoms with van der Waals surface area (Å²) in [5.74, 6) is -1.38. The molecule has 9 heteroatoms. The van der Waals surface area contributed by atoms with Crippen LogP contribution in [0.2, 0.25) is 0 Å². The van der Waals surface area contributed by atoms with Crippen molar-refractivity contribution < 1.29 is 28.3 Å². The van der Waals surface area contributed by atoms with Crippen molar-refractivity contribution in [3.8, 4) is 5.88 Å². The molecule has 0 amide bonds. The lowest BCUT2D eigenvalue weighted by molar-refractivity contribution is 0.357. The number of hydrogen-bond acceptors (Lipinski definition) is 4. The first-order valence-electron chi connectivity index (χ1n) is 3.75. The quantitative estimate of drug-likeness (QED) is 0.678. The van der Waals surface area contributed by atoms with E-state index in [1.165, 1.54) is 18.3 Å². The van der Waals surface area contributed by atoms with Gasteiger partial charge in [-0.2, -0.15) is 0 Å². The highest BCUT2D eigenvalue weighted by atomic mass is 31.2. The van der Waals surface area contributed by atoms with E-state index in [1.807, 2.05) is 0 Å². The molecule has 0 aliphatic heterocycles. The lowest BCUT2D eigenvalue weighted by atomic mass is 10.5. The van der Waals surface area contributed by atoms with Crippen LogP contribution in [0.5, 0.6) is 5.88 Å². The second-order valence-corrected chi connectivity index (χ2v) is 6.62. The van der Waals surface area contributed by atoms with Gasteiger partial charge in [-0.15, -0.1) is 0 Å². The molecule has 0 aromatic carbocycles. The molecule has 84 valence electrons. The van der Waals surface area contributed by atoms with E-state index in [1.54, 1.807) is 6.07 Å². The van der Waals surface area contributed by atoms with E-state index in [2.05, 4.69) is 9.51 Å². The molecule has 0 saturated carbocycles. The Morgan fingerprint density at radius 1 is 1.27 bits per heavy atom. The zero-order valence-electron chi connectivity index (χ0n) is 7.42. The van der Waals surface area contributed by atoms with E-state index in [-0.39, 0.29) is 5.88 Å². The highest BCUT2D eigenvalue weighted by molar-refractivity contribution is 7.70. The minimum Gasteiger partial charge on any atom is -0.406 e. The lowest BCUT2D eigenvalue weighted by Crippen LogP contribution is -1.99. The van der Waals surface area contributed by atoms with Gasteiger partial charge in [0.05, 0.1) is 0 Å². The van der Waals surface area contributed by atoms with Crippen molar-refractivity contribution in [2.45, 2.75) is 0 Å². The molecule has 15 heavy (non-hydrogen) atoms. The van der Waals surface area contributed by atoms with Crippen molar-refractivity contribution in [2.24, 2.45) is 0 Å². The van der Waals surface area contributed by atoms with Gasteiger partial charge < -0.3 is 19.2 Å². The Morgan fingerprint density at radius 3 is 2.40 bits per heavy atom. The summed E-state index contributed by atoms with van der Waals surface area (Å²) in [7, 11) is -8.95. The molecule has 1 atom stereocenters.